The summed E-state index contributed by atoms with van der Waals surface area (Å²) in [5.74, 6) is 0. The number of hydrogen-bond acceptors (Lipinski definition) is 4. The van der Waals surface area contributed by atoms with E-state index < -0.39 is 21.5 Å². The van der Waals surface area contributed by atoms with Gasteiger partial charge in [-0.1, -0.05) is 0 Å². The zero-order chi connectivity index (χ0) is 8.91. The van der Waals surface area contributed by atoms with Gasteiger partial charge in [0.1, 0.15) is 0 Å². The predicted octanol–water partition coefficient (Wildman–Crippen LogP) is -2.67. The van der Waals surface area contributed by atoms with Crippen molar-refractivity contribution in [3.05, 3.63) is 0 Å². The molecule has 0 radical (unpaired) electrons. The van der Waals surface area contributed by atoms with Crippen LogP contribution in [-0.2, 0) is 25.7 Å². The van der Waals surface area contributed by atoms with E-state index in [1.54, 1.807) is 0 Å². The zero-order valence-electron chi connectivity index (χ0n) is 5.52. The van der Waals surface area contributed by atoms with Gasteiger partial charge in [0.15, 0.2) is 0 Å². The fourth-order valence-electron chi connectivity index (χ4n) is 0.308. The Labute approximate surface area is 67.1 Å². The topological polar surface area (TPSA) is 125 Å². The lowest BCUT2D eigenvalue weighted by molar-refractivity contribution is 0.353. The third kappa shape index (κ3) is 9.94. The molecule has 5 N–H and O–H groups in total. The van der Waals surface area contributed by atoms with E-state index in [9.17, 15) is 12.6 Å². The van der Waals surface area contributed by atoms with Gasteiger partial charge in [-0.2, -0.15) is 8.42 Å². The molecule has 0 amide bonds. The third-order valence-electron chi connectivity index (χ3n) is 0.605. The van der Waals surface area contributed by atoms with Crippen molar-refractivity contribution in [3.8, 4) is 0 Å². The second kappa shape index (κ2) is 4.74. The van der Waals surface area contributed by atoms with Crippen LogP contribution in [0.15, 0.2) is 0 Å². The first-order valence-electron chi connectivity index (χ1n) is 2.48. The summed E-state index contributed by atoms with van der Waals surface area (Å²) in [6.45, 7) is -0.138. The first kappa shape index (κ1) is 10.9. The van der Waals surface area contributed by atoms with Gasteiger partial charge in [0.2, 0.25) is 11.3 Å². The number of hydrogen-bond donors (Lipinski definition) is 3. The Balaban J connectivity index is 3.37. The quantitative estimate of drug-likeness (QED) is 0.421. The maximum absolute atomic E-state index is 10.2. The summed E-state index contributed by atoms with van der Waals surface area (Å²) >= 11 is -1.87. The van der Waals surface area contributed by atoms with E-state index in [2.05, 4.69) is 14.5 Å². The van der Waals surface area contributed by atoms with Crippen LogP contribution in [0, 0.1) is 0 Å². The Hall–Kier alpha value is -0.0600. The molecule has 0 heterocycles. The molecule has 0 spiro atoms. The lowest BCUT2D eigenvalue weighted by atomic mass is 10.8. The highest BCUT2D eigenvalue weighted by molar-refractivity contribution is 7.87. The molecule has 1 atom stereocenters. The molecule has 0 saturated heterocycles. The molecule has 0 saturated carbocycles. The van der Waals surface area contributed by atoms with E-state index in [4.69, 9.17) is 0 Å². The first-order chi connectivity index (χ1) is 4.92. The Morgan fingerprint density at radius 1 is 1.55 bits per heavy atom. The molecular formula is C2H9N3O4S2. The summed E-state index contributed by atoms with van der Waals surface area (Å²) in [6, 6.07) is 0. The lowest BCUT2D eigenvalue weighted by Crippen LogP contribution is -2.33. The Kier molecular flexibility index (Phi) is 4.72. The summed E-state index contributed by atoms with van der Waals surface area (Å²) in [7, 11) is -3.69. The molecule has 68 valence electrons. The minimum atomic E-state index is -3.69. The van der Waals surface area contributed by atoms with Crippen molar-refractivity contribution in [2.24, 2.45) is 10.3 Å². The minimum absolute atomic E-state index is 0.0538. The first-order valence-corrected chi connectivity index (χ1v) is 5.17. The Morgan fingerprint density at radius 2 is 2.09 bits per heavy atom. The average Bonchev–Trinajstić information content (AvgIpc) is 1.78. The van der Waals surface area contributed by atoms with Crippen molar-refractivity contribution in [2.45, 2.75) is 0 Å². The van der Waals surface area contributed by atoms with E-state index >= 15 is 0 Å². The molecule has 9 heteroatoms. The van der Waals surface area contributed by atoms with Gasteiger partial charge >= 0.3 is 0 Å². The molecule has 1 unspecified atom stereocenters. The van der Waals surface area contributed by atoms with Gasteiger partial charge in [-0.05, 0) is 0 Å². The monoisotopic (exact) mass is 203 g/mol. The number of rotatable bonds is 5. The highest BCUT2D eigenvalue weighted by atomic mass is 32.2. The van der Waals surface area contributed by atoms with Crippen LogP contribution in [-0.4, -0.2) is 25.8 Å². The van der Waals surface area contributed by atoms with Crippen LogP contribution >= 0.6 is 0 Å². The predicted molar refractivity (Wildman–Crippen MR) is 39.4 cm³/mol. The summed E-state index contributed by atoms with van der Waals surface area (Å²) < 4.78 is 36.6. The highest BCUT2D eigenvalue weighted by Crippen LogP contribution is 1.74. The van der Waals surface area contributed by atoms with Crippen molar-refractivity contribution in [3.63, 3.8) is 0 Å². The van der Waals surface area contributed by atoms with Crippen molar-refractivity contribution in [2.75, 3.05) is 13.2 Å². The van der Waals surface area contributed by atoms with Gasteiger partial charge in [0.05, 0.1) is 6.61 Å². The largest absolute Gasteiger partial charge is 0.277 e. The second-order valence-corrected chi connectivity index (χ2v) is 3.66. The molecule has 0 aromatic heterocycles. The normalized spacial score (nSPS) is 14.7. The van der Waals surface area contributed by atoms with Crippen LogP contribution in [0.25, 0.3) is 0 Å². The van der Waals surface area contributed by atoms with Crippen molar-refractivity contribution in [1.82, 2.24) is 4.72 Å². The van der Waals surface area contributed by atoms with Crippen LogP contribution < -0.4 is 15.0 Å². The summed E-state index contributed by atoms with van der Waals surface area (Å²) in [4.78, 5) is 0. The molecule has 0 aliphatic carbocycles. The van der Waals surface area contributed by atoms with Gasteiger partial charge < -0.3 is 0 Å². The fourth-order valence-corrected chi connectivity index (χ4v) is 0.923. The molecule has 7 nitrogen and oxygen atoms in total. The number of nitrogens with two attached hydrogens (primary N) is 2. The van der Waals surface area contributed by atoms with Crippen molar-refractivity contribution in [1.29, 1.82) is 0 Å². The maximum atomic E-state index is 10.2. The van der Waals surface area contributed by atoms with Gasteiger partial charge in [0.25, 0.3) is 10.2 Å². The minimum Gasteiger partial charge on any atom is -0.277 e. The molecule has 0 aromatic carbocycles. The average molecular weight is 203 g/mol. The van der Waals surface area contributed by atoms with Crippen molar-refractivity contribution < 1.29 is 16.8 Å². The van der Waals surface area contributed by atoms with Crippen LogP contribution in [0.4, 0.5) is 0 Å². The summed E-state index contributed by atoms with van der Waals surface area (Å²) in [5.41, 5.74) is 0. The molecule has 0 aromatic rings. The molecule has 11 heavy (non-hydrogen) atoms. The summed E-state index contributed by atoms with van der Waals surface area (Å²) in [5, 5.41) is 9.23. The Morgan fingerprint density at radius 3 is 2.45 bits per heavy atom. The maximum Gasteiger partial charge on any atom is 0.274 e. The van der Waals surface area contributed by atoms with Gasteiger partial charge in [-0.3, -0.25) is 4.18 Å². The highest BCUT2D eigenvalue weighted by Gasteiger charge is 1.99. The van der Waals surface area contributed by atoms with E-state index in [1.807, 2.05) is 4.72 Å². The SMILES string of the molecule is NS(=O)OCCNS(N)(=O)=O. The van der Waals surface area contributed by atoms with Gasteiger partial charge in [0, 0.05) is 6.54 Å². The fraction of sp³-hybridized carbons (Fsp3) is 1.00. The third-order valence-corrected chi connectivity index (χ3v) is 1.61. The van der Waals surface area contributed by atoms with E-state index in [0.717, 1.165) is 0 Å². The molecule has 0 aliphatic rings. The number of nitrogens with one attached hydrogen (secondary N) is 1. The van der Waals surface area contributed by atoms with Gasteiger partial charge in [-0.25, -0.2) is 19.2 Å². The zero-order valence-corrected chi connectivity index (χ0v) is 7.15. The van der Waals surface area contributed by atoms with Crippen LogP contribution in [0.3, 0.4) is 0 Å². The van der Waals surface area contributed by atoms with E-state index in [1.165, 1.54) is 0 Å². The molecule has 0 fully saturated rings. The Bertz CT molecular complexity index is 223. The van der Waals surface area contributed by atoms with Crippen LogP contribution in [0.1, 0.15) is 0 Å². The van der Waals surface area contributed by atoms with Crippen LogP contribution in [0.2, 0.25) is 0 Å². The standard InChI is InChI=1S/C2H9N3O4S2/c3-10(6)9-2-1-5-11(4,7)8/h5H,1-3H2,(H2,4,7,8). The lowest BCUT2D eigenvalue weighted by Gasteiger charge is -1.99. The molecule has 0 bridgehead atoms. The van der Waals surface area contributed by atoms with Gasteiger partial charge in [-0.15, -0.1) is 0 Å². The summed E-state index contributed by atoms with van der Waals surface area (Å²) in [6.07, 6.45) is 0. The van der Waals surface area contributed by atoms with Crippen molar-refractivity contribution >= 4 is 21.5 Å². The molecule has 0 aliphatic heterocycles. The molecular weight excluding hydrogens is 194 g/mol. The van der Waals surface area contributed by atoms with E-state index in [0.29, 0.717) is 0 Å². The second-order valence-electron chi connectivity index (χ2n) is 1.52. The molecule has 0 rings (SSSR count). The smallest absolute Gasteiger partial charge is 0.274 e. The van der Waals surface area contributed by atoms with Crippen LogP contribution in [0.5, 0.6) is 0 Å². The van der Waals surface area contributed by atoms with E-state index in [-0.39, 0.29) is 13.2 Å².